The van der Waals surface area contributed by atoms with Gasteiger partial charge in [-0.05, 0) is 41.7 Å². The third-order valence-electron chi connectivity index (χ3n) is 4.31. The van der Waals surface area contributed by atoms with Gasteiger partial charge in [0, 0.05) is 20.0 Å². The molecule has 0 N–H and O–H groups in total. The molecule has 110 valence electrons. The number of piperidine rings is 1. The molecule has 2 rings (SSSR count). The highest BCUT2D eigenvalue weighted by Gasteiger charge is 2.21. The Balaban J connectivity index is 1.98. The standard InChI is InChI=1S/C18H27NO/c1-14(20)19-11-5-6-16(13-19)12-15-7-9-17(10-8-15)18(2,3)4/h7-10,16H,5-6,11-13H2,1-4H3. The second-order valence-corrected chi connectivity index (χ2v) is 7.12. The van der Waals surface area contributed by atoms with Gasteiger partial charge in [0.05, 0.1) is 0 Å². The van der Waals surface area contributed by atoms with Crippen LogP contribution in [0.1, 0.15) is 51.7 Å². The van der Waals surface area contributed by atoms with Gasteiger partial charge in [-0.2, -0.15) is 0 Å². The molecule has 2 nitrogen and oxygen atoms in total. The van der Waals surface area contributed by atoms with Gasteiger partial charge in [0.1, 0.15) is 0 Å². The third kappa shape index (κ3) is 3.84. The number of benzene rings is 1. The van der Waals surface area contributed by atoms with Crippen LogP contribution in [-0.2, 0) is 16.6 Å². The van der Waals surface area contributed by atoms with Crippen LogP contribution in [0.2, 0.25) is 0 Å². The predicted molar refractivity (Wildman–Crippen MR) is 83.8 cm³/mol. The summed E-state index contributed by atoms with van der Waals surface area (Å²) in [5, 5.41) is 0. The maximum absolute atomic E-state index is 11.5. The Morgan fingerprint density at radius 3 is 2.45 bits per heavy atom. The molecule has 0 spiro atoms. The Bertz CT molecular complexity index is 455. The van der Waals surface area contributed by atoms with Gasteiger partial charge in [0.2, 0.25) is 5.91 Å². The summed E-state index contributed by atoms with van der Waals surface area (Å²) < 4.78 is 0. The number of hydrogen-bond acceptors (Lipinski definition) is 1. The smallest absolute Gasteiger partial charge is 0.219 e. The molecule has 0 aliphatic carbocycles. The lowest BCUT2D eigenvalue weighted by Gasteiger charge is -2.32. The molecular weight excluding hydrogens is 246 g/mol. The molecule has 0 aromatic heterocycles. The minimum absolute atomic E-state index is 0.217. The summed E-state index contributed by atoms with van der Waals surface area (Å²) in [7, 11) is 0. The molecule has 1 aliphatic heterocycles. The lowest BCUT2D eigenvalue weighted by molar-refractivity contribution is -0.130. The van der Waals surface area contributed by atoms with Gasteiger partial charge >= 0.3 is 0 Å². The molecule has 1 atom stereocenters. The maximum atomic E-state index is 11.5. The average molecular weight is 273 g/mol. The van der Waals surface area contributed by atoms with Crippen molar-refractivity contribution in [1.82, 2.24) is 4.90 Å². The van der Waals surface area contributed by atoms with E-state index in [4.69, 9.17) is 0 Å². The fourth-order valence-corrected chi connectivity index (χ4v) is 2.99. The van der Waals surface area contributed by atoms with Crippen molar-refractivity contribution in [3.05, 3.63) is 35.4 Å². The number of carbonyl (C=O) groups excluding carboxylic acids is 1. The summed E-state index contributed by atoms with van der Waals surface area (Å²) in [4.78, 5) is 13.5. The monoisotopic (exact) mass is 273 g/mol. The Kier molecular flexibility index (Phi) is 4.52. The molecule has 1 saturated heterocycles. The summed E-state index contributed by atoms with van der Waals surface area (Å²) in [6, 6.07) is 9.02. The zero-order valence-corrected chi connectivity index (χ0v) is 13.3. The summed E-state index contributed by atoms with van der Waals surface area (Å²) in [5.41, 5.74) is 3.00. The van der Waals surface area contributed by atoms with E-state index < -0.39 is 0 Å². The first-order valence-electron chi connectivity index (χ1n) is 7.71. The van der Waals surface area contributed by atoms with E-state index in [9.17, 15) is 4.79 Å². The lowest BCUT2D eigenvalue weighted by Crippen LogP contribution is -2.39. The number of rotatable bonds is 2. The van der Waals surface area contributed by atoms with Crippen LogP contribution in [0.5, 0.6) is 0 Å². The van der Waals surface area contributed by atoms with Crippen molar-refractivity contribution in [3.63, 3.8) is 0 Å². The van der Waals surface area contributed by atoms with Crippen molar-refractivity contribution in [3.8, 4) is 0 Å². The van der Waals surface area contributed by atoms with Crippen LogP contribution in [-0.4, -0.2) is 23.9 Å². The first kappa shape index (κ1) is 15.1. The Hall–Kier alpha value is -1.31. The van der Waals surface area contributed by atoms with Crippen molar-refractivity contribution in [1.29, 1.82) is 0 Å². The molecule has 1 heterocycles. The molecule has 1 aliphatic rings. The summed E-state index contributed by atoms with van der Waals surface area (Å²) >= 11 is 0. The van der Waals surface area contributed by atoms with Crippen LogP contribution in [0, 0.1) is 5.92 Å². The van der Waals surface area contributed by atoms with Crippen LogP contribution in [0.15, 0.2) is 24.3 Å². The molecule has 0 radical (unpaired) electrons. The molecule has 2 heteroatoms. The Labute approximate surface area is 123 Å². The largest absolute Gasteiger partial charge is 0.343 e. The van der Waals surface area contributed by atoms with Gasteiger partial charge < -0.3 is 4.90 Å². The van der Waals surface area contributed by atoms with Gasteiger partial charge in [-0.3, -0.25) is 4.79 Å². The molecule has 1 unspecified atom stereocenters. The minimum atomic E-state index is 0.217. The van der Waals surface area contributed by atoms with Gasteiger partial charge in [0.25, 0.3) is 0 Å². The highest BCUT2D eigenvalue weighted by atomic mass is 16.2. The van der Waals surface area contributed by atoms with Gasteiger partial charge in [0.15, 0.2) is 0 Å². The van der Waals surface area contributed by atoms with Crippen LogP contribution in [0.4, 0.5) is 0 Å². The molecule has 1 aromatic rings. The van der Waals surface area contributed by atoms with E-state index in [1.165, 1.54) is 17.5 Å². The second-order valence-electron chi connectivity index (χ2n) is 7.12. The maximum Gasteiger partial charge on any atom is 0.219 e. The number of hydrogen-bond donors (Lipinski definition) is 0. The quantitative estimate of drug-likeness (QED) is 0.803. The zero-order valence-electron chi connectivity index (χ0n) is 13.3. The SMILES string of the molecule is CC(=O)N1CCCC(Cc2ccc(C(C)(C)C)cc2)C1. The van der Waals surface area contributed by atoms with Gasteiger partial charge in [-0.15, -0.1) is 0 Å². The van der Waals surface area contributed by atoms with Gasteiger partial charge in [-0.25, -0.2) is 0 Å². The number of amides is 1. The van der Waals surface area contributed by atoms with E-state index in [2.05, 4.69) is 45.0 Å². The lowest BCUT2D eigenvalue weighted by atomic mass is 9.85. The molecular formula is C18H27NO. The van der Waals surface area contributed by atoms with E-state index in [0.29, 0.717) is 5.92 Å². The Morgan fingerprint density at radius 1 is 1.25 bits per heavy atom. The normalized spacial score (nSPS) is 20.0. The first-order chi connectivity index (χ1) is 9.36. The second kappa shape index (κ2) is 5.99. The van der Waals surface area contributed by atoms with Crippen molar-refractivity contribution in [2.45, 2.75) is 52.4 Å². The number of nitrogens with zero attached hydrogens (tertiary/aromatic N) is 1. The van der Waals surface area contributed by atoms with Crippen molar-refractivity contribution >= 4 is 5.91 Å². The molecule has 0 saturated carbocycles. The fourth-order valence-electron chi connectivity index (χ4n) is 2.99. The van der Waals surface area contributed by atoms with E-state index in [0.717, 1.165) is 25.9 Å². The van der Waals surface area contributed by atoms with Crippen molar-refractivity contribution in [2.75, 3.05) is 13.1 Å². The molecule has 0 bridgehead atoms. The van der Waals surface area contributed by atoms with E-state index in [-0.39, 0.29) is 11.3 Å². The van der Waals surface area contributed by atoms with Crippen molar-refractivity contribution in [2.24, 2.45) is 5.92 Å². The third-order valence-corrected chi connectivity index (χ3v) is 4.31. The molecule has 1 amide bonds. The van der Waals surface area contributed by atoms with Crippen LogP contribution < -0.4 is 0 Å². The number of likely N-dealkylation sites (tertiary alicyclic amines) is 1. The van der Waals surface area contributed by atoms with E-state index >= 15 is 0 Å². The highest BCUT2D eigenvalue weighted by Crippen LogP contribution is 2.25. The topological polar surface area (TPSA) is 20.3 Å². The van der Waals surface area contributed by atoms with Crippen LogP contribution in [0.25, 0.3) is 0 Å². The predicted octanol–water partition coefficient (Wildman–Crippen LogP) is 3.79. The highest BCUT2D eigenvalue weighted by molar-refractivity contribution is 5.73. The van der Waals surface area contributed by atoms with Crippen molar-refractivity contribution < 1.29 is 4.79 Å². The molecule has 1 aromatic carbocycles. The van der Waals surface area contributed by atoms with Crippen LogP contribution in [0.3, 0.4) is 0 Å². The molecule has 20 heavy (non-hydrogen) atoms. The Morgan fingerprint density at radius 2 is 1.90 bits per heavy atom. The zero-order chi connectivity index (χ0) is 14.8. The van der Waals surface area contributed by atoms with Gasteiger partial charge in [-0.1, -0.05) is 45.0 Å². The summed E-state index contributed by atoms with van der Waals surface area (Å²) in [6.07, 6.45) is 3.48. The van der Waals surface area contributed by atoms with E-state index in [1.54, 1.807) is 6.92 Å². The average Bonchev–Trinajstić information content (AvgIpc) is 2.38. The van der Waals surface area contributed by atoms with Crippen LogP contribution >= 0.6 is 0 Å². The summed E-state index contributed by atoms with van der Waals surface area (Å²) in [5.74, 6) is 0.839. The minimum Gasteiger partial charge on any atom is -0.343 e. The number of carbonyl (C=O) groups is 1. The fraction of sp³-hybridized carbons (Fsp3) is 0.611. The molecule has 1 fully saturated rings. The summed E-state index contributed by atoms with van der Waals surface area (Å²) in [6.45, 7) is 10.3. The first-order valence-corrected chi connectivity index (χ1v) is 7.71. The van der Waals surface area contributed by atoms with E-state index in [1.807, 2.05) is 4.90 Å².